The highest BCUT2D eigenvalue weighted by Gasteiger charge is 2.23. The van der Waals surface area contributed by atoms with E-state index in [1.165, 1.54) is 6.42 Å². The first-order valence-electron chi connectivity index (χ1n) is 5.75. The van der Waals surface area contributed by atoms with Crippen LogP contribution in [-0.2, 0) is 0 Å². The first kappa shape index (κ1) is 11.1. The van der Waals surface area contributed by atoms with Gasteiger partial charge in [-0.05, 0) is 24.3 Å². The van der Waals surface area contributed by atoms with Gasteiger partial charge in [0.2, 0.25) is 5.95 Å². The molecule has 16 heavy (non-hydrogen) atoms. The zero-order valence-corrected chi connectivity index (χ0v) is 9.85. The van der Waals surface area contributed by atoms with Crippen molar-refractivity contribution in [3.05, 3.63) is 12.3 Å². The number of piperidine rings is 1. The number of rotatable bonds is 2. The zero-order chi connectivity index (χ0) is 11.5. The summed E-state index contributed by atoms with van der Waals surface area (Å²) in [6.07, 6.45) is 2.96. The van der Waals surface area contributed by atoms with E-state index in [9.17, 15) is 0 Å². The highest BCUT2D eigenvalue weighted by atomic mass is 15.3. The third kappa shape index (κ3) is 2.24. The summed E-state index contributed by atoms with van der Waals surface area (Å²) in [6, 6.07) is 1.93. The van der Waals surface area contributed by atoms with Crippen molar-refractivity contribution in [2.45, 2.75) is 20.3 Å². The summed E-state index contributed by atoms with van der Waals surface area (Å²) in [5.74, 6) is 8.24. The number of hydrogen-bond acceptors (Lipinski definition) is 5. The van der Waals surface area contributed by atoms with Crippen molar-refractivity contribution in [1.29, 1.82) is 0 Å². The number of nitrogen functional groups attached to an aromatic ring is 1. The van der Waals surface area contributed by atoms with E-state index in [1.807, 2.05) is 6.07 Å². The molecule has 0 amide bonds. The lowest BCUT2D eigenvalue weighted by Crippen LogP contribution is -2.39. The van der Waals surface area contributed by atoms with Gasteiger partial charge in [-0.1, -0.05) is 13.8 Å². The fourth-order valence-electron chi connectivity index (χ4n) is 2.07. The van der Waals surface area contributed by atoms with Gasteiger partial charge in [-0.3, -0.25) is 5.43 Å². The van der Waals surface area contributed by atoms with E-state index in [0.717, 1.165) is 24.8 Å². The lowest BCUT2D eigenvalue weighted by molar-refractivity contribution is 0.323. The van der Waals surface area contributed by atoms with Gasteiger partial charge in [0, 0.05) is 19.3 Å². The lowest BCUT2D eigenvalue weighted by atomic mass is 9.89. The minimum Gasteiger partial charge on any atom is -0.356 e. The van der Waals surface area contributed by atoms with Crippen LogP contribution in [0.25, 0.3) is 0 Å². The molecule has 1 saturated heterocycles. The van der Waals surface area contributed by atoms with E-state index in [2.05, 4.69) is 34.1 Å². The highest BCUT2D eigenvalue weighted by Crippen LogP contribution is 2.25. The van der Waals surface area contributed by atoms with Gasteiger partial charge < -0.3 is 4.90 Å². The van der Waals surface area contributed by atoms with Crippen LogP contribution < -0.4 is 16.2 Å². The second-order valence-electron chi connectivity index (χ2n) is 4.57. The third-order valence-electron chi connectivity index (χ3n) is 3.43. The van der Waals surface area contributed by atoms with Crippen LogP contribution in [0.4, 0.5) is 11.8 Å². The van der Waals surface area contributed by atoms with Crippen LogP contribution in [0.5, 0.6) is 0 Å². The molecule has 1 aromatic rings. The molecule has 88 valence electrons. The number of nitrogens with one attached hydrogen (secondary N) is 1. The molecule has 2 heterocycles. The van der Waals surface area contributed by atoms with Crippen LogP contribution in [0, 0.1) is 11.8 Å². The minimum absolute atomic E-state index is 0.476. The second kappa shape index (κ2) is 4.65. The molecule has 0 aromatic carbocycles. The molecule has 0 aliphatic carbocycles. The zero-order valence-electron chi connectivity index (χ0n) is 9.85. The summed E-state index contributed by atoms with van der Waals surface area (Å²) in [6.45, 7) is 6.73. The van der Waals surface area contributed by atoms with E-state index in [4.69, 9.17) is 5.84 Å². The van der Waals surface area contributed by atoms with Gasteiger partial charge >= 0.3 is 0 Å². The van der Waals surface area contributed by atoms with E-state index in [0.29, 0.717) is 11.9 Å². The average Bonchev–Trinajstić information content (AvgIpc) is 2.33. The summed E-state index contributed by atoms with van der Waals surface area (Å²) >= 11 is 0. The highest BCUT2D eigenvalue weighted by molar-refractivity contribution is 5.42. The van der Waals surface area contributed by atoms with Crippen LogP contribution >= 0.6 is 0 Å². The molecule has 0 saturated carbocycles. The Morgan fingerprint density at radius 1 is 1.44 bits per heavy atom. The predicted molar refractivity (Wildman–Crippen MR) is 65.0 cm³/mol. The van der Waals surface area contributed by atoms with Gasteiger partial charge in [0.1, 0.15) is 5.82 Å². The van der Waals surface area contributed by atoms with E-state index in [-0.39, 0.29) is 0 Å². The van der Waals surface area contributed by atoms with Crippen LogP contribution in [0.1, 0.15) is 20.3 Å². The Hall–Kier alpha value is -1.36. The van der Waals surface area contributed by atoms with Gasteiger partial charge in [-0.25, -0.2) is 10.8 Å². The first-order chi connectivity index (χ1) is 7.70. The maximum atomic E-state index is 5.30. The molecule has 0 radical (unpaired) electrons. The van der Waals surface area contributed by atoms with Crippen molar-refractivity contribution in [2.75, 3.05) is 23.4 Å². The molecule has 3 N–H and O–H groups in total. The predicted octanol–water partition coefficient (Wildman–Crippen LogP) is 1.24. The number of hydrazine groups is 1. The number of nitrogens with two attached hydrogens (primary N) is 1. The van der Waals surface area contributed by atoms with Gasteiger partial charge in [0.25, 0.3) is 0 Å². The minimum atomic E-state index is 0.476. The van der Waals surface area contributed by atoms with Crippen molar-refractivity contribution in [1.82, 2.24) is 9.97 Å². The van der Waals surface area contributed by atoms with Gasteiger partial charge in [0.15, 0.2) is 0 Å². The van der Waals surface area contributed by atoms with Crippen molar-refractivity contribution < 1.29 is 0 Å². The molecule has 2 rings (SSSR count). The van der Waals surface area contributed by atoms with E-state index < -0.39 is 0 Å². The Morgan fingerprint density at radius 3 is 2.94 bits per heavy atom. The van der Waals surface area contributed by atoms with Crippen molar-refractivity contribution in [3.63, 3.8) is 0 Å². The lowest BCUT2D eigenvalue weighted by Gasteiger charge is -2.36. The molecule has 1 aliphatic heterocycles. The SMILES string of the molecule is CC1CCN(c2ccnc(NN)n2)CC1C. The smallest absolute Gasteiger partial charge is 0.239 e. The summed E-state index contributed by atoms with van der Waals surface area (Å²) in [7, 11) is 0. The molecular formula is C11H19N5. The number of anilines is 2. The number of hydrogen-bond donors (Lipinski definition) is 2. The topological polar surface area (TPSA) is 67.1 Å². The molecule has 1 aromatic heterocycles. The Kier molecular flexibility index (Phi) is 3.24. The van der Waals surface area contributed by atoms with Crippen LogP contribution in [0.2, 0.25) is 0 Å². The quantitative estimate of drug-likeness (QED) is 0.581. The molecule has 0 spiro atoms. The molecule has 5 heteroatoms. The monoisotopic (exact) mass is 221 g/mol. The molecule has 1 aliphatic rings. The molecule has 0 bridgehead atoms. The summed E-state index contributed by atoms with van der Waals surface area (Å²) in [4.78, 5) is 10.7. The number of aromatic nitrogens is 2. The summed E-state index contributed by atoms with van der Waals surface area (Å²) < 4.78 is 0. The second-order valence-corrected chi connectivity index (χ2v) is 4.57. The summed E-state index contributed by atoms with van der Waals surface area (Å²) in [5.41, 5.74) is 2.48. The number of nitrogens with zero attached hydrogens (tertiary/aromatic N) is 3. The van der Waals surface area contributed by atoms with E-state index >= 15 is 0 Å². The van der Waals surface area contributed by atoms with Crippen LogP contribution in [0.3, 0.4) is 0 Å². The standard InChI is InChI=1S/C11H19N5/c1-8-4-6-16(7-9(8)2)10-3-5-13-11(14-10)15-12/h3,5,8-9H,4,6-7,12H2,1-2H3,(H,13,14,15). The maximum Gasteiger partial charge on any atom is 0.239 e. The molecule has 2 atom stereocenters. The van der Waals surface area contributed by atoms with Gasteiger partial charge in [-0.15, -0.1) is 0 Å². The van der Waals surface area contributed by atoms with Crippen molar-refractivity contribution >= 4 is 11.8 Å². The fraction of sp³-hybridized carbons (Fsp3) is 0.636. The molecule has 2 unspecified atom stereocenters. The largest absolute Gasteiger partial charge is 0.356 e. The Labute approximate surface area is 96.0 Å². The summed E-state index contributed by atoms with van der Waals surface area (Å²) in [5, 5.41) is 0. The van der Waals surface area contributed by atoms with Crippen LogP contribution in [0.15, 0.2) is 12.3 Å². The Balaban J connectivity index is 2.12. The average molecular weight is 221 g/mol. The molecule has 5 nitrogen and oxygen atoms in total. The maximum absolute atomic E-state index is 5.30. The van der Waals surface area contributed by atoms with E-state index in [1.54, 1.807) is 6.20 Å². The Morgan fingerprint density at radius 2 is 2.25 bits per heavy atom. The van der Waals surface area contributed by atoms with Crippen molar-refractivity contribution in [2.24, 2.45) is 17.7 Å². The molecule has 1 fully saturated rings. The van der Waals surface area contributed by atoms with Gasteiger partial charge in [0.05, 0.1) is 0 Å². The molecular weight excluding hydrogens is 202 g/mol. The fourth-order valence-corrected chi connectivity index (χ4v) is 2.07. The van der Waals surface area contributed by atoms with Crippen LogP contribution in [-0.4, -0.2) is 23.1 Å². The Bertz CT molecular complexity index is 354. The van der Waals surface area contributed by atoms with Gasteiger partial charge in [-0.2, -0.15) is 4.98 Å². The normalized spacial score (nSPS) is 25.6. The first-order valence-corrected chi connectivity index (χ1v) is 5.75. The van der Waals surface area contributed by atoms with Crippen molar-refractivity contribution in [3.8, 4) is 0 Å². The third-order valence-corrected chi connectivity index (χ3v) is 3.43.